The van der Waals surface area contributed by atoms with E-state index in [-0.39, 0.29) is 12.1 Å². The van der Waals surface area contributed by atoms with Crippen LogP contribution in [-0.2, 0) is 0 Å². The molecule has 0 radical (unpaired) electrons. The summed E-state index contributed by atoms with van der Waals surface area (Å²) >= 11 is 0. The van der Waals surface area contributed by atoms with Crippen LogP contribution in [0.2, 0.25) is 0 Å². The summed E-state index contributed by atoms with van der Waals surface area (Å²) in [6.45, 7) is 0. The summed E-state index contributed by atoms with van der Waals surface area (Å²) in [5.74, 6) is 0. The molecule has 1 aliphatic rings. The van der Waals surface area contributed by atoms with Crippen LogP contribution in [0.3, 0.4) is 0 Å². The van der Waals surface area contributed by atoms with Crippen molar-refractivity contribution in [3.05, 3.63) is 36.5 Å². The van der Waals surface area contributed by atoms with E-state index in [4.69, 9.17) is 0 Å². The molecule has 1 saturated carbocycles. The first kappa shape index (κ1) is 12.4. The highest BCUT2D eigenvalue weighted by Gasteiger charge is 2.27. The number of rotatable bonds is 2. The SMILES string of the molecule is CN(c1ccnc2ccccc12)C1CCCCC1O. The Balaban J connectivity index is 1.99. The van der Waals surface area contributed by atoms with Gasteiger partial charge in [0, 0.05) is 24.3 Å². The van der Waals surface area contributed by atoms with Crippen LogP contribution < -0.4 is 4.90 Å². The number of aromatic nitrogens is 1. The van der Waals surface area contributed by atoms with Crippen molar-refractivity contribution in [1.29, 1.82) is 0 Å². The quantitative estimate of drug-likeness (QED) is 0.897. The average molecular weight is 256 g/mol. The van der Waals surface area contributed by atoms with Crippen LogP contribution in [0.4, 0.5) is 5.69 Å². The van der Waals surface area contributed by atoms with Gasteiger partial charge in [-0.2, -0.15) is 0 Å². The number of para-hydroxylation sites is 1. The van der Waals surface area contributed by atoms with E-state index in [1.165, 1.54) is 6.42 Å². The number of pyridine rings is 1. The molecule has 1 aromatic carbocycles. The number of likely N-dealkylation sites (N-methyl/N-ethyl adjacent to an activating group) is 1. The Morgan fingerprint density at radius 1 is 1.16 bits per heavy atom. The Morgan fingerprint density at radius 3 is 2.79 bits per heavy atom. The van der Waals surface area contributed by atoms with Crippen molar-refractivity contribution in [3.8, 4) is 0 Å². The van der Waals surface area contributed by atoms with Gasteiger partial charge in [-0.3, -0.25) is 4.98 Å². The maximum atomic E-state index is 10.2. The monoisotopic (exact) mass is 256 g/mol. The van der Waals surface area contributed by atoms with Crippen LogP contribution in [0.1, 0.15) is 25.7 Å². The number of anilines is 1. The van der Waals surface area contributed by atoms with Gasteiger partial charge in [0.2, 0.25) is 0 Å². The van der Waals surface area contributed by atoms with Gasteiger partial charge in [-0.1, -0.05) is 31.0 Å². The number of aliphatic hydroxyl groups excluding tert-OH is 1. The van der Waals surface area contributed by atoms with Gasteiger partial charge in [-0.05, 0) is 25.0 Å². The highest BCUT2D eigenvalue weighted by atomic mass is 16.3. The van der Waals surface area contributed by atoms with Crippen LogP contribution in [0.5, 0.6) is 0 Å². The fraction of sp³-hybridized carbons (Fsp3) is 0.438. The number of nitrogens with zero attached hydrogens (tertiary/aromatic N) is 2. The zero-order chi connectivity index (χ0) is 13.2. The van der Waals surface area contributed by atoms with Crippen LogP contribution >= 0.6 is 0 Å². The lowest BCUT2D eigenvalue weighted by Crippen LogP contribution is -2.43. The van der Waals surface area contributed by atoms with Crippen molar-refractivity contribution in [1.82, 2.24) is 4.98 Å². The maximum absolute atomic E-state index is 10.2. The third kappa shape index (κ3) is 2.30. The zero-order valence-electron chi connectivity index (χ0n) is 11.3. The maximum Gasteiger partial charge on any atom is 0.0743 e. The predicted molar refractivity (Wildman–Crippen MR) is 78.4 cm³/mol. The molecule has 1 fully saturated rings. The standard InChI is InChI=1S/C16H20N2O/c1-18(15-8-4-5-9-16(15)19)14-10-11-17-13-7-3-2-6-12(13)14/h2-3,6-7,10-11,15-16,19H,4-5,8-9H2,1H3. The van der Waals surface area contributed by atoms with Crippen LogP contribution in [-0.4, -0.2) is 29.3 Å². The van der Waals surface area contributed by atoms with E-state index in [0.717, 1.165) is 35.9 Å². The molecular formula is C16H20N2O. The Bertz CT molecular complexity index is 564. The normalized spacial score (nSPS) is 23.5. The fourth-order valence-electron chi connectivity index (χ4n) is 3.11. The molecule has 0 bridgehead atoms. The van der Waals surface area contributed by atoms with Gasteiger partial charge in [0.25, 0.3) is 0 Å². The molecule has 3 rings (SSSR count). The zero-order valence-corrected chi connectivity index (χ0v) is 11.3. The Hall–Kier alpha value is -1.61. The lowest BCUT2D eigenvalue weighted by molar-refractivity contribution is 0.106. The number of hydrogen-bond acceptors (Lipinski definition) is 3. The topological polar surface area (TPSA) is 36.4 Å². The summed E-state index contributed by atoms with van der Waals surface area (Å²) < 4.78 is 0. The molecule has 1 aliphatic carbocycles. The minimum Gasteiger partial charge on any atom is -0.391 e. The van der Waals surface area contributed by atoms with Gasteiger partial charge in [0.05, 0.1) is 17.7 Å². The first-order chi connectivity index (χ1) is 9.27. The van der Waals surface area contributed by atoms with Gasteiger partial charge >= 0.3 is 0 Å². The molecule has 1 heterocycles. The molecule has 3 heteroatoms. The molecule has 0 saturated heterocycles. The smallest absolute Gasteiger partial charge is 0.0743 e. The van der Waals surface area contributed by atoms with Crippen molar-refractivity contribution >= 4 is 16.6 Å². The van der Waals surface area contributed by atoms with Gasteiger partial charge in [0.1, 0.15) is 0 Å². The molecule has 2 aromatic rings. The second kappa shape index (κ2) is 5.17. The number of aliphatic hydroxyl groups is 1. The highest BCUT2D eigenvalue weighted by molar-refractivity contribution is 5.91. The molecule has 1 aromatic heterocycles. The lowest BCUT2D eigenvalue weighted by atomic mass is 9.91. The fourth-order valence-corrected chi connectivity index (χ4v) is 3.11. The van der Waals surface area contributed by atoms with E-state index in [9.17, 15) is 5.11 Å². The van der Waals surface area contributed by atoms with Crippen molar-refractivity contribution < 1.29 is 5.11 Å². The summed E-state index contributed by atoms with van der Waals surface area (Å²) in [5, 5.41) is 11.4. The molecule has 19 heavy (non-hydrogen) atoms. The van der Waals surface area contributed by atoms with Crippen LogP contribution in [0.25, 0.3) is 10.9 Å². The molecule has 1 N–H and O–H groups in total. The Labute approximate surface area is 113 Å². The lowest BCUT2D eigenvalue weighted by Gasteiger charge is -2.37. The summed E-state index contributed by atoms with van der Waals surface area (Å²) in [4.78, 5) is 6.63. The van der Waals surface area contributed by atoms with E-state index >= 15 is 0 Å². The average Bonchev–Trinajstić information content (AvgIpc) is 2.46. The van der Waals surface area contributed by atoms with Gasteiger partial charge in [0.15, 0.2) is 0 Å². The molecule has 0 amide bonds. The van der Waals surface area contributed by atoms with Crippen molar-refractivity contribution in [3.63, 3.8) is 0 Å². The minimum absolute atomic E-state index is 0.217. The van der Waals surface area contributed by atoms with Crippen LogP contribution in [0.15, 0.2) is 36.5 Å². The van der Waals surface area contributed by atoms with E-state index < -0.39 is 0 Å². The molecule has 0 aliphatic heterocycles. The third-order valence-electron chi connectivity index (χ3n) is 4.20. The molecule has 2 unspecified atom stereocenters. The van der Waals surface area contributed by atoms with Crippen molar-refractivity contribution in [2.24, 2.45) is 0 Å². The number of fused-ring (bicyclic) bond motifs is 1. The first-order valence-corrected chi connectivity index (χ1v) is 7.02. The van der Waals surface area contributed by atoms with Gasteiger partial charge in [-0.25, -0.2) is 0 Å². The molecule has 3 nitrogen and oxygen atoms in total. The number of benzene rings is 1. The molecular weight excluding hydrogens is 236 g/mol. The van der Waals surface area contributed by atoms with E-state index in [2.05, 4.69) is 23.0 Å². The van der Waals surface area contributed by atoms with Gasteiger partial charge < -0.3 is 10.0 Å². The van der Waals surface area contributed by atoms with Gasteiger partial charge in [-0.15, -0.1) is 0 Å². The van der Waals surface area contributed by atoms with E-state index in [1.807, 2.05) is 30.5 Å². The second-order valence-electron chi connectivity index (χ2n) is 5.38. The molecule has 100 valence electrons. The molecule has 0 spiro atoms. The van der Waals surface area contributed by atoms with Crippen LogP contribution in [0, 0.1) is 0 Å². The largest absolute Gasteiger partial charge is 0.391 e. The Kier molecular flexibility index (Phi) is 3.38. The van der Waals surface area contributed by atoms with E-state index in [0.29, 0.717) is 0 Å². The van der Waals surface area contributed by atoms with Crippen molar-refractivity contribution in [2.75, 3.05) is 11.9 Å². The van der Waals surface area contributed by atoms with Crippen molar-refractivity contribution in [2.45, 2.75) is 37.8 Å². The Morgan fingerprint density at radius 2 is 1.95 bits per heavy atom. The summed E-state index contributed by atoms with van der Waals surface area (Å²) in [6.07, 6.45) is 5.96. The summed E-state index contributed by atoms with van der Waals surface area (Å²) in [5.41, 5.74) is 2.17. The second-order valence-corrected chi connectivity index (χ2v) is 5.38. The minimum atomic E-state index is -0.217. The van der Waals surface area contributed by atoms with E-state index in [1.54, 1.807) is 0 Å². The number of hydrogen-bond donors (Lipinski definition) is 1. The summed E-state index contributed by atoms with van der Waals surface area (Å²) in [6, 6.07) is 10.4. The molecule has 2 atom stereocenters. The summed E-state index contributed by atoms with van der Waals surface area (Å²) in [7, 11) is 2.08. The highest BCUT2D eigenvalue weighted by Crippen LogP contribution is 2.30. The predicted octanol–water partition coefficient (Wildman–Crippen LogP) is 2.97. The first-order valence-electron chi connectivity index (χ1n) is 7.02. The third-order valence-corrected chi connectivity index (χ3v) is 4.20.